The molecular formula is C16H21N3O. The van der Waals surface area contributed by atoms with Crippen molar-refractivity contribution in [3.8, 4) is 0 Å². The first-order chi connectivity index (χ1) is 9.74. The molecular weight excluding hydrogens is 250 g/mol. The molecule has 0 unspecified atom stereocenters. The fraction of sp³-hybridized carbons (Fsp3) is 0.312. The molecule has 0 aliphatic rings. The molecule has 0 bridgehead atoms. The average molecular weight is 271 g/mol. The molecule has 0 saturated carbocycles. The first-order valence-corrected chi connectivity index (χ1v) is 6.77. The quantitative estimate of drug-likeness (QED) is 0.759. The third-order valence-corrected chi connectivity index (χ3v) is 3.29. The molecule has 0 fully saturated rings. The summed E-state index contributed by atoms with van der Waals surface area (Å²) in [6, 6.07) is 9.91. The Balaban J connectivity index is 2.01. The number of benzene rings is 1. The highest BCUT2D eigenvalue weighted by Gasteiger charge is 2.11. The van der Waals surface area contributed by atoms with Gasteiger partial charge in [0.15, 0.2) is 0 Å². The third kappa shape index (κ3) is 3.56. The van der Waals surface area contributed by atoms with Crippen LogP contribution in [-0.4, -0.2) is 21.5 Å². The Kier molecular flexibility index (Phi) is 5.09. The van der Waals surface area contributed by atoms with Crippen LogP contribution < -0.4 is 5.32 Å². The van der Waals surface area contributed by atoms with E-state index in [0.29, 0.717) is 13.1 Å². The van der Waals surface area contributed by atoms with Crippen molar-refractivity contribution in [2.45, 2.75) is 26.1 Å². The molecule has 0 amide bonds. The fourth-order valence-corrected chi connectivity index (χ4v) is 2.16. The molecule has 4 heteroatoms. The first-order valence-electron chi connectivity index (χ1n) is 6.77. The van der Waals surface area contributed by atoms with Gasteiger partial charge in [-0.25, -0.2) is 0 Å². The van der Waals surface area contributed by atoms with Gasteiger partial charge < -0.3 is 10.4 Å². The van der Waals surface area contributed by atoms with Gasteiger partial charge in [-0.05, 0) is 12.5 Å². The van der Waals surface area contributed by atoms with Crippen LogP contribution in [0.1, 0.15) is 22.9 Å². The Hall–Kier alpha value is -1.91. The number of hydrogen-bond donors (Lipinski definition) is 2. The van der Waals surface area contributed by atoms with Crippen LogP contribution in [0.2, 0.25) is 0 Å². The van der Waals surface area contributed by atoms with Crippen LogP contribution in [0.5, 0.6) is 0 Å². The summed E-state index contributed by atoms with van der Waals surface area (Å²) in [6.45, 7) is 7.17. The van der Waals surface area contributed by atoms with Gasteiger partial charge in [-0.1, -0.05) is 36.4 Å². The van der Waals surface area contributed by atoms with Crippen molar-refractivity contribution in [2.75, 3.05) is 6.61 Å². The number of rotatable bonds is 7. The first kappa shape index (κ1) is 14.5. The molecule has 1 aromatic heterocycles. The summed E-state index contributed by atoms with van der Waals surface area (Å²) in [5.74, 6) is 0. The molecule has 0 aliphatic heterocycles. The molecule has 20 heavy (non-hydrogen) atoms. The van der Waals surface area contributed by atoms with Crippen molar-refractivity contribution in [3.05, 3.63) is 66.0 Å². The van der Waals surface area contributed by atoms with Crippen LogP contribution >= 0.6 is 0 Å². The molecule has 0 aliphatic carbocycles. The molecule has 1 aromatic carbocycles. The van der Waals surface area contributed by atoms with Crippen LogP contribution in [0.25, 0.3) is 0 Å². The highest BCUT2D eigenvalue weighted by atomic mass is 16.3. The van der Waals surface area contributed by atoms with E-state index in [1.54, 1.807) is 0 Å². The van der Waals surface area contributed by atoms with Gasteiger partial charge in [0.05, 0.1) is 24.9 Å². The lowest BCUT2D eigenvalue weighted by Crippen LogP contribution is -2.24. The van der Waals surface area contributed by atoms with E-state index in [4.69, 9.17) is 0 Å². The van der Waals surface area contributed by atoms with E-state index in [1.807, 2.05) is 54.2 Å². The summed E-state index contributed by atoms with van der Waals surface area (Å²) in [7, 11) is 0. The SMILES string of the molecule is C=CCn1cc(CN[C@H](CO)c2ccccc2)c(C)n1. The van der Waals surface area contributed by atoms with E-state index < -0.39 is 0 Å². The van der Waals surface area contributed by atoms with E-state index in [-0.39, 0.29) is 12.6 Å². The Morgan fingerprint density at radius 2 is 2.15 bits per heavy atom. The minimum atomic E-state index is -0.0571. The molecule has 1 heterocycles. The zero-order chi connectivity index (χ0) is 14.4. The van der Waals surface area contributed by atoms with Crippen molar-refractivity contribution in [1.82, 2.24) is 15.1 Å². The number of aliphatic hydroxyl groups is 1. The maximum absolute atomic E-state index is 9.52. The molecule has 2 N–H and O–H groups in total. The topological polar surface area (TPSA) is 50.1 Å². The van der Waals surface area contributed by atoms with Crippen LogP contribution in [0.3, 0.4) is 0 Å². The van der Waals surface area contributed by atoms with Gasteiger partial charge in [-0.3, -0.25) is 4.68 Å². The lowest BCUT2D eigenvalue weighted by atomic mass is 10.1. The maximum atomic E-state index is 9.52. The molecule has 2 rings (SSSR count). The molecule has 4 nitrogen and oxygen atoms in total. The Labute approximate surface area is 119 Å². The van der Waals surface area contributed by atoms with E-state index in [2.05, 4.69) is 17.0 Å². The number of nitrogens with zero attached hydrogens (tertiary/aromatic N) is 2. The highest BCUT2D eigenvalue weighted by molar-refractivity contribution is 5.20. The molecule has 2 aromatic rings. The summed E-state index contributed by atoms with van der Waals surface area (Å²) >= 11 is 0. The van der Waals surface area contributed by atoms with Gasteiger partial charge >= 0.3 is 0 Å². The normalized spacial score (nSPS) is 12.3. The summed E-state index contributed by atoms with van der Waals surface area (Å²) in [5, 5.41) is 17.3. The lowest BCUT2D eigenvalue weighted by Gasteiger charge is -2.16. The number of nitrogens with one attached hydrogen (secondary N) is 1. The summed E-state index contributed by atoms with van der Waals surface area (Å²) < 4.78 is 1.87. The Morgan fingerprint density at radius 1 is 1.40 bits per heavy atom. The highest BCUT2D eigenvalue weighted by Crippen LogP contribution is 2.13. The zero-order valence-corrected chi connectivity index (χ0v) is 11.8. The van der Waals surface area contributed by atoms with Gasteiger partial charge in [0.1, 0.15) is 0 Å². The molecule has 0 spiro atoms. The third-order valence-electron chi connectivity index (χ3n) is 3.29. The predicted molar refractivity (Wildman–Crippen MR) is 80.3 cm³/mol. The zero-order valence-electron chi connectivity index (χ0n) is 11.8. The van der Waals surface area contributed by atoms with Gasteiger partial charge in [0, 0.05) is 18.3 Å². The Morgan fingerprint density at radius 3 is 2.80 bits per heavy atom. The largest absolute Gasteiger partial charge is 0.394 e. The van der Waals surface area contributed by atoms with Gasteiger partial charge in [-0.2, -0.15) is 5.10 Å². The number of aryl methyl sites for hydroxylation is 1. The van der Waals surface area contributed by atoms with Crippen molar-refractivity contribution in [1.29, 1.82) is 0 Å². The number of hydrogen-bond acceptors (Lipinski definition) is 3. The second-order valence-electron chi connectivity index (χ2n) is 4.78. The summed E-state index contributed by atoms with van der Waals surface area (Å²) in [6.07, 6.45) is 3.84. The van der Waals surface area contributed by atoms with Gasteiger partial charge in [-0.15, -0.1) is 6.58 Å². The van der Waals surface area contributed by atoms with Crippen molar-refractivity contribution in [2.24, 2.45) is 0 Å². The molecule has 0 radical (unpaired) electrons. The minimum Gasteiger partial charge on any atom is -0.394 e. The lowest BCUT2D eigenvalue weighted by molar-refractivity contribution is 0.243. The van der Waals surface area contributed by atoms with Crippen molar-refractivity contribution in [3.63, 3.8) is 0 Å². The van der Waals surface area contributed by atoms with Crippen LogP contribution in [0.15, 0.2) is 49.2 Å². The van der Waals surface area contributed by atoms with E-state index in [9.17, 15) is 5.11 Å². The number of aromatic nitrogens is 2. The maximum Gasteiger partial charge on any atom is 0.0638 e. The van der Waals surface area contributed by atoms with E-state index in [1.165, 1.54) is 0 Å². The van der Waals surface area contributed by atoms with Gasteiger partial charge in [0.25, 0.3) is 0 Å². The average Bonchev–Trinajstić information content (AvgIpc) is 2.81. The van der Waals surface area contributed by atoms with E-state index >= 15 is 0 Å². The van der Waals surface area contributed by atoms with Crippen LogP contribution in [-0.2, 0) is 13.1 Å². The number of allylic oxidation sites excluding steroid dienone is 1. The summed E-state index contributed by atoms with van der Waals surface area (Å²) in [4.78, 5) is 0. The summed E-state index contributed by atoms with van der Waals surface area (Å²) in [5.41, 5.74) is 3.23. The van der Waals surface area contributed by atoms with Crippen molar-refractivity contribution < 1.29 is 5.11 Å². The second kappa shape index (κ2) is 7.03. The van der Waals surface area contributed by atoms with Crippen LogP contribution in [0, 0.1) is 6.92 Å². The fourth-order valence-electron chi connectivity index (χ4n) is 2.16. The Bertz CT molecular complexity index is 548. The van der Waals surface area contributed by atoms with Gasteiger partial charge in [0.2, 0.25) is 0 Å². The predicted octanol–water partition coefficient (Wildman–Crippen LogP) is 2.20. The number of aliphatic hydroxyl groups excluding tert-OH is 1. The standard InChI is InChI=1S/C16H21N3O/c1-3-9-19-11-15(13(2)18-19)10-17-16(12-20)14-7-5-4-6-8-14/h3-8,11,16-17,20H,1,9-10,12H2,2H3/t16-/m1/s1. The van der Waals surface area contributed by atoms with Crippen LogP contribution in [0.4, 0.5) is 0 Å². The molecule has 106 valence electrons. The monoisotopic (exact) mass is 271 g/mol. The van der Waals surface area contributed by atoms with E-state index in [0.717, 1.165) is 16.8 Å². The molecule has 1 atom stereocenters. The molecule has 0 saturated heterocycles. The minimum absolute atomic E-state index is 0.0571. The smallest absolute Gasteiger partial charge is 0.0638 e. The van der Waals surface area contributed by atoms with Crippen molar-refractivity contribution >= 4 is 0 Å². The second-order valence-corrected chi connectivity index (χ2v) is 4.78.